The molecule has 2 amide bonds. The summed E-state index contributed by atoms with van der Waals surface area (Å²) in [5, 5.41) is 2.49. The second-order valence-corrected chi connectivity index (χ2v) is 7.65. The Bertz CT molecular complexity index is 1320. The number of carbonyl (C=O) groups excluding carboxylic acids is 1. The normalized spacial score (nSPS) is 16.0. The van der Waals surface area contributed by atoms with Crippen molar-refractivity contribution in [2.75, 3.05) is 11.9 Å². The molecule has 0 saturated carbocycles. The van der Waals surface area contributed by atoms with Gasteiger partial charge in [-0.15, -0.1) is 0 Å². The topological polar surface area (TPSA) is 58.4 Å². The fourth-order valence-corrected chi connectivity index (χ4v) is 3.98. The molecule has 0 unspecified atom stereocenters. The summed E-state index contributed by atoms with van der Waals surface area (Å²) in [5.41, 5.74) is 2.57. The third-order valence-electron chi connectivity index (χ3n) is 5.53. The van der Waals surface area contributed by atoms with Gasteiger partial charge in [0.25, 0.3) is 0 Å². The number of likely N-dealkylation sites (tertiary alicyclic amines) is 1. The monoisotopic (exact) mass is 437 g/mol. The second kappa shape index (κ2) is 8.03. The Labute approximate surface area is 181 Å². The summed E-state index contributed by atoms with van der Waals surface area (Å²) in [5.74, 6) is -1.51. The van der Waals surface area contributed by atoms with E-state index < -0.39 is 23.7 Å². The number of aromatic nitrogens is 1. The first-order valence-corrected chi connectivity index (χ1v) is 10.2. The molecule has 1 aliphatic rings. The molecule has 1 aromatic heterocycles. The van der Waals surface area contributed by atoms with Crippen LogP contribution in [-0.4, -0.2) is 22.5 Å². The minimum absolute atomic E-state index is 0.0978. The van der Waals surface area contributed by atoms with E-state index in [2.05, 4.69) is 10.3 Å². The number of nitrogens with one attached hydrogen (secondary N) is 1. The first kappa shape index (κ1) is 20.1. The summed E-state index contributed by atoms with van der Waals surface area (Å²) in [4.78, 5) is 18.9. The van der Waals surface area contributed by atoms with E-state index in [0.29, 0.717) is 36.0 Å². The van der Waals surface area contributed by atoms with E-state index in [0.717, 1.165) is 23.6 Å². The van der Waals surface area contributed by atoms with Gasteiger partial charge >= 0.3 is 6.03 Å². The predicted molar refractivity (Wildman–Crippen MR) is 113 cm³/mol. The maximum absolute atomic E-state index is 13.9. The van der Waals surface area contributed by atoms with Gasteiger partial charge in [-0.2, -0.15) is 0 Å². The van der Waals surface area contributed by atoms with Crippen molar-refractivity contribution in [2.45, 2.75) is 18.9 Å². The lowest BCUT2D eigenvalue weighted by Gasteiger charge is -2.22. The maximum Gasteiger partial charge on any atom is 0.322 e. The molecule has 3 aromatic carbocycles. The highest BCUT2D eigenvalue weighted by atomic mass is 19.1. The fraction of sp³-hybridized carbons (Fsp3) is 0.167. The van der Waals surface area contributed by atoms with Crippen molar-refractivity contribution >= 4 is 22.8 Å². The van der Waals surface area contributed by atoms with Crippen LogP contribution in [0, 0.1) is 17.5 Å². The Morgan fingerprint density at radius 3 is 2.62 bits per heavy atom. The summed E-state index contributed by atoms with van der Waals surface area (Å²) in [7, 11) is 0. The van der Waals surface area contributed by atoms with Crippen LogP contribution in [0.3, 0.4) is 0 Å². The summed E-state index contributed by atoms with van der Waals surface area (Å²) in [6.07, 6.45) is 1.38. The van der Waals surface area contributed by atoms with Crippen molar-refractivity contribution in [3.8, 4) is 11.1 Å². The van der Waals surface area contributed by atoms with E-state index in [1.54, 1.807) is 12.1 Å². The third kappa shape index (κ3) is 3.79. The van der Waals surface area contributed by atoms with Crippen molar-refractivity contribution in [3.63, 3.8) is 0 Å². The van der Waals surface area contributed by atoms with Gasteiger partial charge in [0.1, 0.15) is 29.0 Å². The number of halogens is 3. The Hall–Kier alpha value is -3.81. The first-order valence-electron chi connectivity index (χ1n) is 10.2. The smallest absolute Gasteiger partial charge is 0.322 e. The molecule has 1 saturated heterocycles. The van der Waals surface area contributed by atoms with Gasteiger partial charge in [-0.3, -0.25) is 0 Å². The number of carbonyl (C=O) groups is 1. The van der Waals surface area contributed by atoms with Gasteiger partial charge in [-0.1, -0.05) is 18.2 Å². The average molecular weight is 437 g/mol. The number of oxazole rings is 1. The molecule has 32 heavy (non-hydrogen) atoms. The van der Waals surface area contributed by atoms with Crippen molar-refractivity contribution < 1.29 is 22.4 Å². The SMILES string of the molecule is O=C(Nc1ccc(F)cc1F)N1CCC[C@H]1c1nc2cc(-c3cccc(F)c3)ccc2o1. The first-order chi connectivity index (χ1) is 15.5. The Balaban J connectivity index is 1.40. The van der Waals surface area contributed by atoms with Gasteiger partial charge in [0.15, 0.2) is 5.58 Å². The van der Waals surface area contributed by atoms with E-state index in [9.17, 15) is 18.0 Å². The van der Waals surface area contributed by atoms with Crippen molar-refractivity contribution in [3.05, 3.63) is 84.0 Å². The fourth-order valence-electron chi connectivity index (χ4n) is 3.98. The van der Waals surface area contributed by atoms with Crippen LogP contribution in [0.4, 0.5) is 23.7 Å². The van der Waals surface area contributed by atoms with Crippen molar-refractivity contribution in [1.82, 2.24) is 9.88 Å². The van der Waals surface area contributed by atoms with E-state index in [1.807, 2.05) is 18.2 Å². The van der Waals surface area contributed by atoms with Crippen LogP contribution < -0.4 is 5.32 Å². The van der Waals surface area contributed by atoms with Crippen LogP contribution in [0.25, 0.3) is 22.2 Å². The molecule has 1 fully saturated rings. The summed E-state index contributed by atoms with van der Waals surface area (Å²) in [6.45, 7) is 0.451. The van der Waals surface area contributed by atoms with Gasteiger partial charge < -0.3 is 14.6 Å². The molecule has 0 spiro atoms. The predicted octanol–water partition coefficient (Wildman–Crippen LogP) is 6.28. The van der Waals surface area contributed by atoms with Crippen LogP contribution in [0.2, 0.25) is 0 Å². The van der Waals surface area contributed by atoms with E-state index in [-0.39, 0.29) is 11.5 Å². The molecule has 0 bridgehead atoms. The minimum Gasteiger partial charge on any atom is -0.438 e. The van der Waals surface area contributed by atoms with Crippen LogP contribution in [-0.2, 0) is 0 Å². The van der Waals surface area contributed by atoms with Gasteiger partial charge in [0.05, 0.1) is 5.69 Å². The lowest BCUT2D eigenvalue weighted by atomic mass is 10.1. The molecule has 2 heterocycles. The largest absolute Gasteiger partial charge is 0.438 e. The molecule has 1 atom stereocenters. The highest BCUT2D eigenvalue weighted by Crippen LogP contribution is 2.35. The van der Waals surface area contributed by atoms with Crippen LogP contribution in [0.5, 0.6) is 0 Å². The summed E-state index contributed by atoms with van der Waals surface area (Å²) < 4.78 is 46.5. The zero-order valence-electron chi connectivity index (χ0n) is 16.8. The number of anilines is 1. The molecule has 4 aromatic rings. The average Bonchev–Trinajstić information content (AvgIpc) is 3.42. The van der Waals surface area contributed by atoms with Gasteiger partial charge in [0, 0.05) is 12.6 Å². The van der Waals surface area contributed by atoms with E-state index >= 15 is 0 Å². The molecule has 162 valence electrons. The number of urea groups is 1. The molecular formula is C24H18F3N3O2. The summed E-state index contributed by atoms with van der Waals surface area (Å²) >= 11 is 0. The van der Waals surface area contributed by atoms with Crippen molar-refractivity contribution in [1.29, 1.82) is 0 Å². The molecule has 5 nitrogen and oxygen atoms in total. The highest BCUT2D eigenvalue weighted by molar-refractivity contribution is 5.90. The Kier molecular flexibility index (Phi) is 5.05. The minimum atomic E-state index is -0.846. The highest BCUT2D eigenvalue weighted by Gasteiger charge is 2.34. The van der Waals surface area contributed by atoms with Gasteiger partial charge in [0.2, 0.25) is 5.89 Å². The molecule has 0 radical (unpaired) electrons. The number of fused-ring (bicyclic) bond motifs is 1. The Morgan fingerprint density at radius 1 is 1.00 bits per heavy atom. The van der Waals surface area contributed by atoms with Gasteiger partial charge in [-0.25, -0.2) is 22.9 Å². The maximum atomic E-state index is 13.9. The second-order valence-electron chi connectivity index (χ2n) is 7.65. The molecule has 1 N–H and O–H groups in total. The van der Waals surface area contributed by atoms with E-state index in [4.69, 9.17) is 4.42 Å². The number of benzene rings is 3. The van der Waals surface area contributed by atoms with Crippen LogP contribution in [0.15, 0.2) is 65.1 Å². The van der Waals surface area contributed by atoms with Gasteiger partial charge in [-0.05, 0) is 60.4 Å². The molecule has 5 rings (SSSR count). The number of hydrogen-bond acceptors (Lipinski definition) is 3. The molecule has 1 aliphatic heterocycles. The number of rotatable bonds is 3. The van der Waals surface area contributed by atoms with Crippen LogP contribution >= 0.6 is 0 Å². The Morgan fingerprint density at radius 2 is 1.81 bits per heavy atom. The quantitative estimate of drug-likeness (QED) is 0.410. The van der Waals surface area contributed by atoms with Crippen LogP contribution in [0.1, 0.15) is 24.8 Å². The van der Waals surface area contributed by atoms with Crippen molar-refractivity contribution in [2.24, 2.45) is 0 Å². The number of hydrogen-bond donors (Lipinski definition) is 1. The lowest BCUT2D eigenvalue weighted by molar-refractivity contribution is 0.198. The van der Waals surface area contributed by atoms with E-state index in [1.165, 1.54) is 23.1 Å². The number of nitrogens with zero attached hydrogens (tertiary/aromatic N) is 2. The number of amides is 2. The lowest BCUT2D eigenvalue weighted by Crippen LogP contribution is -2.34. The molecule has 0 aliphatic carbocycles. The summed E-state index contributed by atoms with van der Waals surface area (Å²) in [6, 6.07) is 13.7. The zero-order chi connectivity index (χ0) is 22.2. The molecule has 8 heteroatoms. The third-order valence-corrected chi connectivity index (χ3v) is 5.53. The molecular weight excluding hydrogens is 419 g/mol. The zero-order valence-corrected chi connectivity index (χ0v) is 16.8. The standard InChI is InChI=1S/C24H18F3N3O2/c25-16-4-1-3-14(11-16)15-6-9-22-20(12-15)28-23(32-22)21-5-2-10-30(21)24(31)29-19-8-7-17(26)13-18(19)27/h1,3-4,6-9,11-13,21H,2,5,10H2,(H,29,31)/t21-/m0/s1.